The highest BCUT2D eigenvalue weighted by atomic mass is 16.5. The number of phenolic OH excluding ortho intramolecular Hbond substituents is 1. The van der Waals surface area contributed by atoms with Gasteiger partial charge in [-0.2, -0.15) is 0 Å². The third-order valence-corrected chi connectivity index (χ3v) is 5.11. The Bertz CT molecular complexity index is 1020. The molecule has 1 aliphatic rings. The monoisotopic (exact) mass is 392 g/mol. The smallest absolute Gasteiger partial charge is 0.203 e. The Morgan fingerprint density at radius 3 is 2.66 bits per heavy atom. The summed E-state index contributed by atoms with van der Waals surface area (Å²) in [6, 6.07) is 11.2. The van der Waals surface area contributed by atoms with Crippen molar-refractivity contribution in [2.24, 2.45) is 0 Å². The number of nitrogens with two attached hydrogens (primary N) is 1. The normalized spacial score (nSPS) is 13.7. The van der Waals surface area contributed by atoms with Gasteiger partial charge in [0.1, 0.15) is 0 Å². The van der Waals surface area contributed by atoms with Crippen LogP contribution in [0.4, 0.5) is 5.69 Å². The first-order chi connectivity index (χ1) is 14.1. The zero-order valence-electron chi connectivity index (χ0n) is 16.6. The average molecular weight is 392 g/mol. The van der Waals surface area contributed by atoms with Crippen LogP contribution in [0.1, 0.15) is 16.8 Å². The van der Waals surface area contributed by atoms with Gasteiger partial charge in [-0.3, -0.25) is 4.90 Å². The van der Waals surface area contributed by atoms with E-state index in [-0.39, 0.29) is 5.75 Å². The molecule has 0 amide bonds. The molecule has 2 aromatic carbocycles. The van der Waals surface area contributed by atoms with Crippen molar-refractivity contribution >= 4 is 5.69 Å². The lowest BCUT2D eigenvalue weighted by atomic mass is 10.1. The van der Waals surface area contributed by atoms with E-state index in [0.717, 1.165) is 53.4 Å². The maximum atomic E-state index is 10.2. The van der Waals surface area contributed by atoms with Crippen LogP contribution in [-0.2, 0) is 19.5 Å². The highest BCUT2D eigenvalue weighted by Crippen LogP contribution is 2.38. The molecule has 0 radical (unpaired) electrons. The molecule has 3 N–H and O–H groups in total. The van der Waals surface area contributed by atoms with Gasteiger partial charge in [-0.15, -0.1) is 0 Å². The minimum atomic E-state index is 0.0794. The first-order valence-corrected chi connectivity index (χ1v) is 9.44. The number of benzene rings is 2. The van der Waals surface area contributed by atoms with Gasteiger partial charge in [0.25, 0.3) is 0 Å². The number of methoxy groups -OCH3 is 2. The number of hydrogen-bond donors (Lipinski definition) is 2. The molecule has 7 nitrogen and oxygen atoms in total. The topological polar surface area (TPSA) is 93.7 Å². The number of rotatable bonds is 5. The SMILES string of the molecule is COc1cc(CN2CCc3nc(-c4ccc(N)cc4)ncc3C2)cc(O)c1OC. The third kappa shape index (κ3) is 3.95. The highest BCUT2D eigenvalue weighted by molar-refractivity contribution is 5.59. The summed E-state index contributed by atoms with van der Waals surface area (Å²) in [5, 5.41) is 10.2. The number of phenols is 1. The van der Waals surface area contributed by atoms with Crippen LogP contribution in [0, 0.1) is 0 Å². The molecule has 7 heteroatoms. The van der Waals surface area contributed by atoms with Crippen LogP contribution in [0.3, 0.4) is 0 Å². The summed E-state index contributed by atoms with van der Waals surface area (Å²) in [4.78, 5) is 11.6. The summed E-state index contributed by atoms with van der Waals surface area (Å²) in [5.41, 5.74) is 10.6. The summed E-state index contributed by atoms with van der Waals surface area (Å²) in [6.07, 6.45) is 2.76. The number of nitrogens with zero attached hydrogens (tertiary/aromatic N) is 3. The third-order valence-electron chi connectivity index (χ3n) is 5.11. The van der Waals surface area contributed by atoms with Gasteiger partial charge in [0.15, 0.2) is 17.3 Å². The lowest BCUT2D eigenvalue weighted by Crippen LogP contribution is -2.31. The number of aromatic nitrogens is 2. The lowest BCUT2D eigenvalue weighted by molar-refractivity contribution is 0.242. The van der Waals surface area contributed by atoms with Gasteiger partial charge in [0, 0.05) is 49.1 Å². The molecule has 2 heterocycles. The molecular weight excluding hydrogens is 368 g/mol. The van der Waals surface area contributed by atoms with Crippen molar-refractivity contribution in [1.29, 1.82) is 0 Å². The van der Waals surface area contributed by atoms with E-state index in [1.807, 2.05) is 36.5 Å². The zero-order chi connectivity index (χ0) is 20.4. The molecule has 1 aliphatic heterocycles. The van der Waals surface area contributed by atoms with Crippen LogP contribution < -0.4 is 15.2 Å². The Hall–Kier alpha value is -3.32. The van der Waals surface area contributed by atoms with Gasteiger partial charge in [0.2, 0.25) is 5.75 Å². The molecule has 0 bridgehead atoms. The average Bonchev–Trinajstić information content (AvgIpc) is 2.73. The summed E-state index contributed by atoms with van der Waals surface area (Å²) >= 11 is 0. The minimum absolute atomic E-state index is 0.0794. The van der Waals surface area contributed by atoms with Gasteiger partial charge in [-0.25, -0.2) is 9.97 Å². The fourth-order valence-corrected chi connectivity index (χ4v) is 3.63. The van der Waals surface area contributed by atoms with Crippen LogP contribution in [0.15, 0.2) is 42.6 Å². The van der Waals surface area contributed by atoms with Gasteiger partial charge in [-0.1, -0.05) is 0 Å². The van der Waals surface area contributed by atoms with Gasteiger partial charge < -0.3 is 20.3 Å². The van der Waals surface area contributed by atoms with Gasteiger partial charge in [0.05, 0.1) is 19.9 Å². The summed E-state index contributed by atoms with van der Waals surface area (Å²) < 4.78 is 10.5. The molecule has 0 aliphatic carbocycles. The van der Waals surface area contributed by atoms with E-state index in [0.29, 0.717) is 18.0 Å². The van der Waals surface area contributed by atoms with Crippen molar-refractivity contribution in [3.8, 4) is 28.6 Å². The molecule has 0 saturated heterocycles. The van der Waals surface area contributed by atoms with E-state index in [2.05, 4.69) is 9.88 Å². The van der Waals surface area contributed by atoms with Crippen LogP contribution in [0.25, 0.3) is 11.4 Å². The maximum absolute atomic E-state index is 10.2. The second kappa shape index (κ2) is 7.97. The molecule has 0 unspecified atom stereocenters. The summed E-state index contributed by atoms with van der Waals surface area (Å²) in [6.45, 7) is 2.32. The Balaban J connectivity index is 1.51. The Morgan fingerprint density at radius 1 is 1.14 bits per heavy atom. The first-order valence-electron chi connectivity index (χ1n) is 9.44. The van der Waals surface area contributed by atoms with Gasteiger partial charge in [-0.05, 0) is 42.0 Å². The Labute approximate surface area is 169 Å². The van der Waals surface area contributed by atoms with Crippen LogP contribution in [-0.4, -0.2) is 40.7 Å². The lowest BCUT2D eigenvalue weighted by Gasteiger charge is -2.28. The molecule has 3 aromatic rings. The number of ether oxygens (including phenoxy) is 2. The molecule has 1 aromatic heterocycles. The second-order valence-corrected chi connectivity index (χ2v) is 7.10. The molecule has 0 spiro atoms. The van der Waals surface area contributed by atoms with Gasteiger partial charge >= 0.3 is 0 Å². The molecular formula is C22H24N4O3. The fourth-order valence-electron chi connectivity index (χ4n) is 3.63. The summed E-state index contributed by atoms with van der Waals surface area (Å²) in [5.74, 6) is 1.68. The largest absolute Gasteiger partial charge is 0.504 e. The fraction of sp³-hybridized carbons (Fsp3) is 0.273. The van der Waals surface area contributed by atoms with E-state index in [1.54, 1.807) is 13.2 Å². The van der Waals surface area contributed by atoms with Crippen molar-refractivity contribution < 1.29 is 14.6 Å². The number of fused-ring (bicyclic) bond motifs is 1. The molecule has 0 saturated carbocycles. The zero-order valence-corrected chi connectivity index (χ0v) is 16.6. The predicted molar refractivity (Wildman–Crippen MR) is 111 cm³/mol. The predicted octanol–water partition coefficient (Wildman–Crippen LogP) is 3.01. The van der Waals surface area contributed by atoms with Crippen molar-refractivity contribution in [1.82, 2.24) is 14.9 Å². The molecule has 0 atom stereocenters. The maximum Gasteiger partial charge on any atom is 0.203 e. The quantitative estimate of drug-likeness (QED) is 0.645. The first kappa shape index (κ1) is 19.0. The van der Waals surface area contributed by atoms with Crippen LogP contribution >= 0.6 is 0 Å². The van der Waals surface area contributed by atoms with E-state index in [4.69, 9.17) is 20.2 Å². The van der Waals surface area contributed by atoms with Crippen molar-refractivity contribution in [2.75, 3.05) is 26.5 Å². The number of hydrogen-bond acceptors (Lipinski definition) is 7. The Morgan fingerprint density at radius 2 is 1.93 bits per heavy atom. The van der Waals surface area contributed by atoms with E-state index < -0.39 is 0 Å². The Kier molecular flexibility index (Phi) is 5.22. The summed E-state index contributed by atoms with van der Waals surface area (Å²) in [7, 11) is 3.08. The molecule has 150 valence electrons. The van der Waals surface area contributed by atoms with Crippen molar-refractivity contribution in [2.45, 2.75) is 19.5 Å². The van der Waals surface area contributed by atoms with E-state index >= 15 is 0 Å². The van der Waals surface area contributed by atoms with E-state index in [1.165, 1.54) is 7.11 Å². The standard InChI is InChI=1S/C22H24N4O3/c1-28-20-10-14(9-19(27)21(20)29-2)12-26-8-7-18-16(13-26)11-24-22(25-18)15-3-5-17(23)6-4-15/h3-6,9-11,27H,7-8,12-13,23H2,1-2H3. The molecule has 29 heavy (non-hydrogen) atoms. The number of aromatic hydroxyl groups is 1. The molecule has 0 fully saturated rings. The highest BCUT2D eigenvalue weighted by Gasteiger charge is 2.20. The van der Waals surface area contributed by atoms with E-state index in [9.17, 15) is 5.11 Å². The van der Waals surface area contributed by atoms with Crippen molar-refractivity contribution in [3.05, 3.63) is 59.4 Å². The molecule has 4 rings (SSSR count). The second-order valence-electron chi connectivity index (χ2n) is 7.10. The minimum Gasteiger partial charge on any atom is -0.504 e. The van der Waals surface area contributed by atoms with Crippen molar-refractivity contribution in [3.63, 3.8) is 0 Å². The number of anilines is 1. The van der Waals surface area contributed by atoms with Crippen LogP contribution in [0.2, 0.25) is 0 Å². The number of nitrogen functional groups attached to an aromatic ring is 1. The van der Waals surface area contributed by atoms with Crippen LogP contribution in [0.5, 0.6) is 17.2 Å².